The molecule has 2 aliphatic heterocycles. The van der Waals surface area contributed by atoms with E-state index in [0.717, 1.165) is 28.3 Å². The monoisotopic (exact) mass is 413 g/mol. The molecule has 154 valence electrons. The Morgan fingerprint density at radius 2 is 1.90 bits per heavy atom. The molecule has 1 atom stereocenters. The average molecular weight is 414 g/mol. The quantitative estimate of drug-likeness (QED) is 0.566. The summed E-state index contributed by atoms with van der Waals surface area (Å²) < 4.78 is 11.4. The fourth-order valence-electron chi connectivity index (χ4n) is 3.59. The highest BCUT2D eigenvalue weighted by molar-refractivity contribution is 8.00. The average Bonchev–Trinajstić information content (AvgIpc) is 2.73. The zero-order chi connectivity index (χ0) is 20.4. The van der Waals surface area contributed by atoms with E-state index in [4.69, 9.17) is 19.4 Å². The number of fused-ring (bicyclic) bond motifs is 1. The van der Waals surface area contributed by atoms with E-state index in [-0.39, 0.29) is 16.8 Å². The van der Waals surface area contributed by atoms with Crippen LogP contribution in [0.15, 0.2) is 35.4 Å². The summed E-state index contributed by atoms with van der Waals surface area (Å²) in [5.74, 6) is 0.833. The van der Waals surface area contributed by atoms with E-state index < -0.39 is 0 Å². The molecule has 0 saturated carbocycles. The van der Waals surface area contributed by atoms with Crippen molar-refractivity contribution in [2.24, 2.45) is 0 Å². The van der Waals surface area contributed by atoms with Crippen molar-refractivity contribution in [3.63, 3.8) is 0 Å². The van der Waals surface area contributed by atoms with Gasteiger partial charge in [-0.25, -0.2) is 9.97 Å². The minimum Gasteiger partial charge on any atom is -0.378 e. The zero-order valence-corrected chi connectivity index (χ0v) is 18.0. The summed E-state index contributed by atoms with van der Waals surface area (Å²) in [5, 5.41) is 0.615. The maximum Gasteiger partial charge on any atom is 0.235 e. The molecular formula is C22H27N3O3S. The largest absolute Gasteiger partial charge is 0.378 e. The van der Waals surface area contributed by atoms with Crippen molar-refractivity contribution in [1.82, 2.24) is 14.9 Å². The number of hydrogen-bond donors (Lipinski definition) is 0. The summed E-state index contributed by atoms with van der Waals surface area (Å²) in [6, 6.07) is 9.99. The van der Waals surface area contributed by atoms with Crippen molar-refractivity contribution in [3.05, 3.63) is 41.6 Å². The van der Waals surface area contributed by atoms with Gasteiger partial charge in [-0.3, -0.25) is 4.79 Å². The predicted octanol–water partition coefficient (Wildman–Crippen LogP) is 3.33. The molecule has 0 N–H and O–H groups in total. The number of morpholine rings is 1. The molecule has 3 heterocycles. The second-order valence-corrected chi connectivity index (χ2v) is 9.40. The van der Waals surface area contributed by atoms with Gasteiger partial charge in [-0.05, 0) is 20.8 Å². The molecule has 2 aliphatic rings. The molecule has 0 spiro atoms. The second kappa shape index (κ2) is 8.42. The lowest BCUT2D eigenvalue weighted by molar-refractivity contribution is -0.134. The third-order valence-electron chi connectivity index (χ3n) is 5.25. The summed E-state index contributed by atoms with van der Waals surface area (Å²) in [6.07, 6.45) is 0.726. The minimum atomic E-state index is -0.257. The van der Waals surface area contributed by atoms with Gasteiger partial charge in [0.05, 0.1) is 36.4 Å². The molecule has 1 fully saturated rings. The van der Waals surface area contributed by atoms with Crippen LogP contribution in [-0.4, -0.2) is 57.9 Å². The maximum atomic E-state index is 12.9. The molecule has 0 bridgehead atoms. The number of carbonyl (C=O) groups excluding carboxylic acids is 1. The van der Waals surface area contributed by atoms with Gasteiger partial charge in [0.2, 0.25) is 5.91 Å². The molecule has 1 aromatic heterocycles. The van der Waals surface area contributed by atoms with Crippen molar-refractivity contribution < 1.29 is 14.3 Å². The third-order valence-corrected chi connectivity index (χ3v) is 6.36. The van der Waals surface area contributed by atoms with Gasteiger partial charge in [-0.1, -0.05) is 42.1 Å². The zero-order valence-electron chi connectivity index (χ0n) is 17.2. The number of carbonyl (C=O) groups is 1. The van der Waals surface area contributed by atoms with E-state index in [0.29, 0.717) is 38.7 Å². The Labute approximate surface area is 176 Å². The number of hydrogen-bond acceptors (Lipinski definition) is 6. The number of nitrogens with zero attached hydrogens (tertiary/aromatic N) is 3. The molecule has 7 heteroatoms. The first-order valence-electron chi connectivity index (χ1n) is 10.1. The van der Waals surface area contributed by atoms with Crippen molar-refractivity contribution >= 4 is 17.7 Å². The summed E-state index contributed by atoms with van der Waals surface area (Å²) in [7, 11) is 0. The van der Waals surface area contributed by atoms with Crippen LogP contribution in [0.5, 0.6) is 0 Å². The number of benzene rings is 1. The van der Waals surface area contributed by atoms with Gasteiger partial charge < -0.3 is 14.4 Å². The van der Waals surface area contributed by atoms with E-state index in [1.165, 1.54) is 11.8 Å². The molecule has 0 radical (unpaired) electrons. The van der Waals surface area contributed by atoms with E-state index in [9.17, 15) is 4.79 Å². The second-order valence-electron chi connectivity index (χ2n) is 8.07. The Morgan fingerprint density at radius 1 is 1.17 bits per heavy atom. The number of rotatable bonds is 4. The first-order chi connectivity index (χ1) is 13.9. The van der Waals surface area contributed by atoms with E-state index in [1.807, 2.05) is 42.2 Å². The molecule has 1 saturated heterocycles. The Bertz CT molecular complexity index is 882. The summed E-state index contributed by atoms with van der Waals surface area (Å²) >= 11 is 1.51. The molecule has 1 amide bonds. The van der Waals surface area contributed by atoms with Gasteiger partial charge in [0.25, 0.3) is 0 Å². The smallest absolute Gasteiger partial charge is 0.235 e. The lowest BCUT2D eigenvalue weighted by atomic mass is 9.96. The highest BCUT2D eigenvalue weighted by Crippen LogP contribution is 2.35. The van der Waals surface area contributed by atoms with Crippen LogP contribution in [0.25, 0.3) is 11.4 Å². The van der Waals surface area contributed by atoms with Crippen molar-refractivity contribution in [2.45, 2.75) is 49.7 Å². The first-order valence-corrected chi connectivity index (χ1v) is 10.9. The lowest BCUT2D eigenvalue weighted by Crippen LogP contribution is -2.44. The van der Waals surface area contributed by atoms with Crippen molar-refractivity contribution in [3.8, 4) is 11.4 Å². The van der Waals surface area contributed by atoms with E-state index in [2.05, 4.69) is 13.8 Å². The van der Waals surface area contributed by atoms with Gasteiger partial charge in [-0.2, -0.15) is 0 Å². The molecule has 2 aromatic rings. The molecule has 0 aliphatic carbocycles. The van der Waals surface area contributed by atoms with Crippen LogP contribution in [0.3, 0.4) is 0 Å². The molecule has 6 nitrogen and oxygen atoms in total. The maximum absolute atomic E-state index is 12.9. The van der Waals surface area contributed by atoms with Gasteiger partial charge in [-0.15, -0.1) is 0 Å². The van der Waals surface area contributed by atoms with Crippen LogP contribution in [0, 0.1) is 0 Å². The minimum absolute atomic E-state index is 0.129. The van der Waals surface area contributed by atoms with Crippen molar-refractivity contribution in [2.75, 3.05) is 26.3 Å². The van der Waals surface area contributed by atoms with Crippen LogP contribution in [-0.2, 0) is 27.3 Å². The molecule has 0 unspecified atom stereocenters. The Morgan fingerprint density at radius 3 is 2.62 bits per heavy atom. The van der Waals surface area contributed by atoms with Crippen LogP contribution in [0.1, 0.15) is 32.0 Å². The van der Waals surface area contributed by atoms with Crippen LogP contribution < -0.4 is 0 Å². The van der Waals surface area contributed by atoms with Gasteiger partial charge in [0, 0.05) is 30.6 Å². The Balaban J connectivity index is 1.65. The molecule has 4 rings (SSSR count). The summed E-state index contributed by atoms with van der Waals surface area (Å²) in [5.41, 5.74) is 2.75. The third kappa shape index (κ3) is 4.63. The summed E-state index contributed by atoms with van der Waals surface area (Å²) in [4.78, 5) is 24.5. The lowest BCUT2D eigenvalue weighted by Gasteiger charge is -2.32. The normalized spacial score (nSPS) is 19.5. The van der Waals surface area contributed by atoms with Crippen LogP contribution in [0.2, 0.25) is 0 Å². The first kappa shape index (κ1) is 20.3. The van der Waals surface area contributed by atoms with Crippen LogP contribution in [0.4, 0.5) is 0 Å². The van der Waals surface area contributed by atoms with Crippen LogP contribution >= 0.6 is 11.8 Å². The fourth-order valence-corrected chi connectivity index (χ4v) is 4.64. The molecule has 1 aromatic carbocycles. The summed E-state index contributed by atoms with van der Waals surface area (Å²) in [6.45, 7) is 9.09. The fraction of sp³-hybridized carbons (Fsp3) is 0.500. The SMILES string of the molecule is C[C@H](Sc1nc(-c2ccccc2)nc2c1COC(C)(C)C2)C(=O)N1CCOCC1. The molecule has 29 heavy (non-hydrogen) atoms. The van der Waals surface area contributed by atoms with Crippen molar-refractivity contribution in [1.29, 1.82) is 0 Å². The number of ether oxygens (including phenoxy) is 2. The Kier molecular flexibility index (Phi) is 5.90. The number of thioether (sulfide) groups is 1. The highest BCUT2D eigenvalue weighted by Gasteiger charge is 2.32. The number of aromatic nitrogens is 2. The number of amides is 1. The van der Waals surface area contributed by atoms with Gasteiger partial charge >= 0.3 is 0 Å². The van der Waals surface area contributed by atoms with Gasteiger partial charge in [0.1, 0.15) is 5.03 Å². The molecular weight excluding hydrogens is 386 g/mol. The standard InChI is InChI=1S/C22H27N3O3S/c1-15(21(26)25-9-11-27-12-10-25)29-20-17-14-28-22(2,3)13-18(17)23-19(24-20)16-7-5-4-6-8-16/h4-8,15H,9-14H2,1-3H3/t15-/m0/s1. The highest BCUT2D eigenvalue weighted by atomic mass is 32.2. The Hall–Kier alpha value is -1.96. The van der Waals surface area contributed by atoms with Gasteiger partial charge in [0.15, 0.2) is 5.82 Å². The van der Waals surface area contributed by atoms with E-state index in [1.54, 1.807) is 0 Å². The topological polar surface area (TPSA) is 64.6 Å². The predicted molar refractivity (Wildman–Crippen MR) is 113 cm³/mol. The van der Waals surface area contributed by atoms with E-state index >= 15 is 0 Å².